The smallest absolute Gasteiger partial charge is 0.293 e. The predicted molar refractivity (Wildman–Crippen MR) is 102 cm³/mol. The van der Waals surface area contributed by atoms with Gasteiger partial charge in [0.15, 0.2) is 5.76 Å². The molecule has 9 nitrogen and oxygen atoms in total. The first-order valence-corrected chi connectivity index (χ1v) is 9.11. The molecule has 142 valence electrons. The van der Waals surface area contributed by atoms with Crippen molar-refractivity contribution in [3.05, 3.63) is 69.6 Å². The van der Waals surface area contributed by atoms with Gasteiger partial charge in [-0.1, -0.05) is 23.5 Å². The quantitative estimate of drug-likeness (QED) is 0.531. The summed E-state index contributed by atoms with van der Waals surface area (Å²) < 4.78 is 12.0. The lowest BCUT2D eigenvalue weighted by atomic mass is 10.2. The minimum Gasteiger partial charge on any atom is -0.454 e. The lowest BCUT2D eigenvalue weighted by molar-refractivity contribution is 0.0994. The Morgan fingerprint density at radius 2 is 2.11 bits per heavy atom. The number of nitrogens with zero attached hydrogens (tertiary/aromatic N) is 4. The molecule has 4 aromatic rings. The average Bonchev–Trinajstić information content (AvgIpc) is 3.34. The number of furan rings is 1. The molecule has 1 aromatic carbocycles. The number of carbonyl (C=O) groups excluding carboxylic acids is 1. The number of hydrogen-bond donors (Lipinski definition) is 1. The lowest BCUT2D eigenvalue weighted by Crippen LogP contribution is -2.20. The van der Waals surface area contributed by atoms with E-state index in [0.717, 1.165) is 0 Å². The van der Waals surface area contributed by atoms with E-state index in [4.69, 9.17) is 9.15 Å². The van der Waals surface area contributed by atoms with Crippen molar-refractivity contribution < 1.29 is 13.9 Å². The number of hydrogen-bond acceptors (Lipinski definition) is 8. The molecular formula is C18H15N5O4S. The Bertz CT molecular complexity index is 1200. The Labute approximate surface area is 162 Å². The van der Waals surface area contributed by atoms with Crippen molar-refractivity contribution in [1.82, 2.24) is 19.7 Å². The van der Waals surface area contributed by atoms with Crippen LogP contribution in [0.25, 0.3) is 10.9 Å². The van der Waals surface area contributed by atoms with Crippen LogP contribution in [0.3, 0.4) is 0 Å². The van der Waals surface area contributed by atoms with E-state index in [-0.39, 0.29) is 17.9 Å². The fourth-order valence-electron chi connectivity index (χ4n) is 2.62. The number of fused-ring (bicyclic) bond motifs is 1. The van der Waals surface area contributed by atoms with Crippen molar-refractivity contribution >= 4 is 33.3 Å². The number of ether oxygens (including phenoxy) is 1. The molecule has 0 spiro atoms. The van der Waals surface area contributed by atoms with E-state index >= 15 is 0 Å². The average molecular weight is 397 g/mol. The van der Waals surface area contributed by atoms with Crippen LogP contribution >= 0.6 is 11.3 Å². The first-order chi connectivity index (χ1) is 13.6. The highest BCUT2D eigenvalue weighted by molar-refractivity contribution is 7.15. The Hall–Kier alpha value is -3.37. The summed E-state index contributed by atoms with van der Waals surface area (Å²) in [6, 6.07) is 10.3. The van der Waals surface area contributed by atoms with E-state index in [1.807, 2.05) is 6.07 Å². The van der Waals surface area contributed by atoms with Gasteiger partial charge in [0.05, 0.1) is 23.8 Å². The molecule has 1 N–H and O–H groups in total. The number of nitrogens with one attached hydrogen (secondary N) is 1. The molecule has 3 aromatic heterocycles. The number of anilines is 1. The Morgan fingerprint density at radius 1 is 1.25 bits per heavy atom. The summed E-state index contributed by atoms with van der Waals surface area (Å²) in [5.74, 6) is 0.123. The van der Waals surface area contributed by atoms with Gasteiger partial charge in [0.25, 0.3) is 11.5 Å². The summed E-state index contributed by atoms with van der Waals surface area (Å²) >= 11 is 1.22. The molecule has 0 unspecified atom stereocenters. The van der Waals surface area contributed by atoms with Crippen LogP contribution in [0, 0.1) is 0 Å². The zero-order valence-electron chi connectivity index (χ0n) is 14.8. The number of para-hydroxylation sites is 1. The summed E-state index contributed by atoms with van der Waals surface area (Å²) in [7, 11) is 1.56. The van der Waals surface area contributed by atoms with Crippen molar-refractivity contribution in [2.24, 2.45) is 0 Å². The summed E-state index contributed by atoms with van der Waals surface area (Å²) in [4.78, 5) is 29.1. The second-order valence-electron chi connectivity index (χ2n) is 5.85. The van der Waals surface area contributed by atoms with Gasteiger partial charge in [-0.25, -0.2) is 4.98 Å². The molecule has 10 heteroatoms. The van der Waals surface area contributed by atoms with Crippen molar-refractivity contribution in [2.75, 3.05) is 12.4 Å². The van der Waals surface area contributed by atoms with Crippen LogP contribution in [0.1, 0.15) is 21.3 Å². The molecule has 28 heavy (non-hydrogen) atoms. The second-order valence-corrected chi connectivity index (χ2v) is 6.91. The fourth-order valence-corrected chi connectivity index (χ4v) is 3.32. The molecule has 4 rings (SSSR count). The summed E-state index contributed by atoms with van der Waals surface area (Å²) in [6.45, 7) is 0.494. The molecular weight excluding hydrogens is 382 g/mol. The third-order valence-electron chi connectivity index (χ3n) is 3.90. The first-order valence-electron chi connectivity index (χ1n) is 8.29. The number of methoxy groups -OCH3 is 1. The summed E-state index contributed by atoms with van der Waals surface area (Å²) in [6.07, 6.45) is 1.46. The molecule has 0 fully saturated rings. The highest BCUT2D eigenvalue weighted by atomic mass is 32.1. The maximum absolute atomic E-state index is 12.5. The lowest BCUT2D eigenvalue weighted by Gasteiger charge is -2.04. The number of benzene rings is 1. The fraction of sp³-hybridized carbons (Fsp3) is 0.167. The minimum absolute atomic E-state index is 0.111. The highest BCUT2D eigenvalue weighted by Crippen LogP contribution is 2.18. The van der Waals surface area contributed by atoms with Gasteiger partial charge < -0.3 is 9.15 Å². The van der Waals surface area contributed by atoms with Crippen LogP contribution in [0.5, 0.6) is 0 Å². The first kappa shape index (κ1) is 18.0. The monoisotopic (exact) mass is 397 g/mol. The van der Waals surface area contributed by atoms with Crippen LogP contribution in [0.4, 0.5) is 5.13 Å². The van der Waals surface area contributed by atoms with Crippen molar-refractivity contribution in [1.29, 1.82) is 0 Å². The number of rotatable bonds is 6. The highest BCUT2D eigenvalue weighted by Gasteiger charge is 2.15. The van der Waals surface area contributed by atoms with Gasteiger partial charge >= 0.3 is 0 Å². The standard InChI is InChI=1S/C18H15N5O4S/c1-26-9-15-21-22-18(28-15)20-16(24)14-7-6-11(27-14)8-23-10-19-13-5-3-2-4-12(13)17(23)25/h2-7,10H,8-9H2,1H3,(H,20,22,24). The van der Waals surface area contributed by atoms with Gasteiger partial charge in [-0.05, 0) is 24.3 Å². The molecule has 0 bridgehead atoms. The Morgan fingerprint density at radius 3 is 2.96 bits per heavy atom. The van der Waals surface area contributed by atoms with Crippen LogP contribution in [-0.2, 0) is 17.9 Å². The van der Waals surface area contributed by atoms with Gasteiger partial charge in [0.1, 0.15) is 17.4 Å². The van der Waals surface area contributed by atoms with E-state index in [1.165, 1.54) is 22.2 Å². The van der Waals surface area contributed by atoms with Gasteiger partial charge in [-0.3, -0.25) is 19.5 Å². The molecule has 0 atom stereocenters. The maximum Gasteiger partial charge on any atom is 0.293 e. The maximum atomic E-state index is 12.5. The van der Waals surface area contributed by atoms with Crippen LogP contribution in [-0.4, -0.2) is 32.8 Å². The molecule has 0 saturated carbocycles. The zero-order chi connectivity index (χ0) is 19.5. The summed E-state index contributed by atoms with van der Waals surface area (Å²) in [5.41, 5.74) is 0.459. The molecule has 1 amide bonds. The van der Waals surface area contributed by atoms with Gasteiger partial charge in [-0.2, -0.15) is 0 Å². The van der Waals surface area contributed by atoms with Crippen molar-refractivity contribution in [3.63, 3.8) is 0 Å². The van der Waals surface area contributed by atoms with Gasteiger partial charge in [0.2, 0.25) is 5.13 Å². The number of amides is 1. The van der Waals surface area contributed by atoms with Gasteiger partial charge in [-0.15, -0.1) is 10.2 Å². The third kappa shape index (κ3) is 3.68. The molecule has 0 aliphatic rings. The largest absolute Gasteiger partial charge is 0.454 e. The zero-order valence-corrected chi connectivity index (χ0v) is 15.6. The third-order valence-corrected chi connectivity index (χ3v) is 4.71. The molecule has 0 radical (unpaired) electrons. The van der Waals surface area contributed by atoms with Crippen LogP contribution in [0.15, 0.2) is 51.9 Å². The number of carbonyl (C=O) groups is 1. The molecule has 0 saturated heterocycles. The predicted octanol–water partition coefficient (Wildman–Crippen LogP) is 2.29. The van der Waals surface area contributed by atoms with Crippen LogP contribution < -0.4 is 10.9 Å². The molecule has 3 heterocycles. The minimum atomic E-state index is -0.449. The van der Waals surface area contributed by atoms with E-state index < -0.39 is 5.91 Å². The van der Waals surface area contributed by atoms with E-state index in [1.54, 1.807) is 37.4 Å². The van der Waals surface area contributed by atoms with Gasteiger partial charge in [0, 0.05) is 7.11 Å². The van der Waals surface area contributed by atoms with Crippen LogP contribution in [0.2, 0.25) is 0 Å². The topological polar surface area (TPSA) is 112 Å². The van der Waals surface area contributed by atoms with Crippen molar-refractivity contribution in [2.45, 2.75) is 13.2 Å². The Balaban J connectivity index is 1.49. The second kappa shape index (κ2) is 7.71. The summed E-state index contributed by atoms with van der Waals surface area (Å²) in [5, 5.41) is 11.9. The van der Waals surface area contributed by atoms with Crippen molar-refractivity contribution in [3.8, 4) is 0 Å². The SMILES string of the molecule is COCc1nnc(NC(=O)c2ccc(Cn3cnc4ccccc4c3=O)o2)s1. The molecule has 0 aliphatic heterocycles. The van der Waals surface area contributed by atoms with E-state index in [0.29, 0.717) is 33.4 Å². The van der Waals surface area contributed by atoms with E-state index in [2.05, 4.69) is 20.5 Å². The van der Waals surface area contributed by atoms with E-state index in [9.17, 15) is 9.59 Å². The number of aromatic nitrogens is 4. The normalized spacial score (nSPS) is 11.0. The molecule has 0 aliphatic carbocycles. The Kier molecular flexibility index (Phi) is 4.96.